The highest BCUT2D eigenvalue weighted by Gasteiger charge is 2.21. The van der Waals surface area contributed by atoms with Gasteiger partial charge < -0.3 is 15.4 Å². The molecule has 2 heterocycles. The molecular formula is C26H33N5O2. The fraction of sp³-hybridized carbons (Fsp3) is 0.385. The van der Waals surface area contributed by atoms with Crippen LogP contribution in [-0.4, -0.2) is 53.1 Å². The van der Waals surface area contributed by atoms with Crippen LogP contribution in [-0.2, 0) is 24.4 Å². The van der Waals surface area contributed by atoms with Gasteiger partial charge in [0.2, 0.25) is 0 Å². The van der Waals surface area contributed by atoms with Crippen LogP contribution in [0, 0.1) is 13.8 Å². The number of amides is 2. The normalized spacial score (nSPS) is 16.5. The standard InChI is InChI=1S/C26H33N5O2/c1-20-25(21(2)31(29-20)18-23-11-7-4-8-12-23)16-28-26(32)27-15-24-19-30(13-14-33-24)17-22-9-5-3-6-10-22/h3-12,24H,13-19H2,1-2H3,(H2,27,28,32). The number of benzene rings is 2. The minimum absolute atomic E-state index is 0.00897. The monoisotopic (exact) mass is 447 g/mol. The minimum atomic E-state index is -0.187. The molecule has 1 unspecified atom stereocenters. The van der Waals surface area contributed by atoms with Crippen LogP contribution in [0.3, 0.4) is 0 Å². The van der Waals surface area contributed by atoms with Crippen molar-refractivity contribution in [2.75, 3.05) is 26.2 Å². The van der Waals surface area contributed by atoms with Gasteiger partial charge in [-0.25, -0.2) is 4.79 Å². The molecule has 174 valence electrons. The fourth-order valence-corrected chi connectivity index (χ4v) is 4.23. The average Bonchev–Trinajstić information content (AvgIpc) is 3.10. The Labute approximate surface area is 195 Å². The summed E-state index contributed by atoms with van der Waals surface area (Å²) in [6.45, 7) is 8.99. The lowest BCUT2D eigenvalue weighted by Crippen LogP contribution is -2.48. The molecule has 7 heteroatoms. The molecule has 2 amide bonds. The van der Waals surface area contributed by atoms with Crippen LogP contribution in [0.2, 0.25) is 0 Å². The number of ether oxygens (including phenoxy) is 1. The van der Waals surface area contributed by atoms with Crippen molar-refractivity contribution in [3.05, 3.63) is 88.7 Å². The molecule has 1 aliphatic heterocycles. The molecule has 2 N–H and O–H groups in total. The summed E-state index contributed by atoms with van der Waals surface area (Å²) in [6.07, 6.45) is -0.00897. The first-order valence-corrected chi connectivity index (χ1v) is 11.5. The maximum Gasteiger partial charge on any atom is 0.315 e. The maximum atomic E-state index is 12.4. The SMILES string of the molecule is Cc1nn(Cc2ccccc2)c(C)c1CNC(=O)NCC1CN(Cc2ccccc2)CCO1. The van der Waals surface area contributed by atoms with Gasteiger partial charge >= 0.3 is 6.03 Å². The number of rotatable bonds is 8. The van der Waals surface area contributed by atoms with Gasteiger partial charge in [0.25, 0.3) is 0 Å². The van der Waals surface area contributed by atoms with Gasteiger partial charge in [-0.1, -0.05) is 60.7 Å². The van der Waals surface area contributed by atoms with Crippen molar-refractivity contribution >= 4 is 6.03 Å². The van der Waals surface area contributed by atoms with E-state index >= 15 is 0 Å². The zero-order valence-corrected chi connectivity index (χ0v) is 19.5. The van der Waals surface area contributed by atoms with Crippen molar-refractivity contribution in [2.45, 2.75) is 39.6 Å². The summed E-state index contributed by atoms with van der Waals surface area (Å²) >= 11 is 0. The summed E-state index contributed by atoms with van der Waals surface area (Å²) < 4.78 is 7.86. The highest BCUT2D eigenvalue weighted by molar-refractivity contribution is 5.73. The second-order valence-electron chi connectivity index (χ2n) is 8.57. The summed E-state index contributed by atoms with van der Waals surface area (Å²) in [6, 6.07) is 20.5. The molecule has 1 fully saturated rings. The highest BCUT2D eigenvalue weighted by atomic mass is 16.5. The second kappa shape index (κ2) is 11.1. The third-order valence-corrected chi connectivity index (χ3v) is 6.09. The predicted molar refractivity (Wildman–Crippen MR) is 129 cm³/mol. The van der Waals surface area contributed by atoms with Crippen molar-refractivity contribution in [2.24, 2.45) is 0 Å². The van der Waals surface area contributed by atoms with Crippen LogP contribution in [0.1, 0.15) is 28.1 Å². The average molecular weight is 448 g/mol. The third kappa shape index (κ3) is 6.43. The van der Waals surface area contributed by atoms with E-state index in [1.807, 2.05) is 35.9 Å². The molecule has 0 bridgehead atoms. The highest BCUT2D eigenvalue weighted by Crippen LogP contribution is 2.15. The van der Waals surface area contributed by atoms with E-state index in [0.717, 1.165) is 43.1 Å². The van der Waals surface area contributed by atoms with E-state index < -0.39 is 0 Å². The minimum Gasteiger partial charge on any atom is -0.374 e. The van der Waals surface area contributed by atoms with E-state index in [1.165, 1.54) is 11.1 Å². The zero-order valence-electron chi connectivity index (χ0n) is 19.5. The van der Waals surface area contributed by atoms with Gasteiger partial charge in [0.1, 0.15) is 0 Å². The Bertz CT molecular complexity index is 1040. The van der Waals surface area contributed by atoms with Gasteiger partial charge in [0.05, 0.1) is 24.9 Å². The molecular weight excluding hydrogens is 414 g/mol. The molecule has 0 aliphatic carbocycles. The lowest BCUT2D eigenvalue weighted by Gasteiger charge is -2.33. The maximum absolute atomic E-state index is 12.4. The lowest BCUT2D eigenvalue weighted by molar-refractivity contribution is -0.0287. The molecule has 7 nitrogen and oxygen atoms in total. The van der Waals surface area contributed by atoms with Crippen LogP contribution in [0.5, 0.6) is 0 Å². The number of hydrogen-bond donors (Lipinski definition) is 2. The van der Waals surface area contributed by atoms with Crippen molar-refractivity contribution in [1.29, 1.82) is 0 Å². The number of nitrogens with one attached hydrogen (secondary N) is 2. The zero-order chi connectivity index (χ0) is 23.0. The summed E-state index contributed by atoms with van der Waals surface area (Å²) in [5.74, 6) is 0. The van der Waals surface area contributed by atoms with Crippen LogP contribution in [0.15, 0.2) is 60.7 Å². The Morgan fingerprint density at radius 2 is 1.67 bits per heavy atom. The van der Waals surface area contributed by atoms with E-state index in [4.69, 9.17) is 4.74 Å². The van der Waals surface area contributed by atoms with Crippen molar-refractivity contribution in [1.82, 2.24) is 25.3 Å². The Morgan fingerprint density at radius 3 is 2.36 bits per heavy atom. The number of urea groups is 1. The summed E-state index contributed by atoms with van der Waals surface area (Å²) in [7, 11) is 0. The summed E-state index contributed by atoms with van der Waals surface area (Å²) in [5, 5.41) is 10.6. The van der Waals surface area contributed by atoms with Crippen LogP contribution < -0.4 is 10.6 Å². The topological polar surface area (TPSA) is 71.4 Å². The molecule has 1 atom stereocenters. The molecule has 0 spiro atoms. The second-order valence-corrected chi connectivity index (χ2v) is 8.57. The van der Waals surface area contributed by atoms with Gasteiger partial charge in [-0.15, -0.1) is 0 Å². The molecule has 1 saturated heterocycles. The van der Waals surface area contributed by atoms with Gasteiger partial charge in [0, 0.05) is 44.0 Å². The molecule has 2 aromatic carbocycles. The molecule has 3 aromatic rings. The van der Waals surface area contributed by atoms with Gasteiger partial charge in [-0.3, -0.25) is 9.58 Å². The Morgan fingerprint density at radius 1 is 1.00 bits per heavy atom. The van der Waals surface area contributed by atoms with Gasteiger partial charge in [-0.05, 0) is 25.0 Å². The number of aryl methyl sites for hydroxylation is 1. The molecule has 0 radical (unpaired) electrons. The Balaban J connectivity index is 1.23. The first-order chi connectivity index (χ1) is 16.1. The van der Waals surface area contributed by atoms with Crippen molar-refractivity contribution < 1.29 is 9.53 Å². The smallest absolute Gasteiger partial charge is 0.315 e. The largest absolute Gasteiger partial charge is 0.374 e. The number of carbonyl (C=O) groups excluding carboxylic acids is 1. The third-order valence-electron chi connectivity index (χ3n) is 6.09. The van der Waals surface area contributed by atoms with Crippen LogP contribution >= 0.6 is 0 Å². The van der Waals surface area contributed by atoms with E-state index in [2.05, 4.69) is 64.0 Å². The number of morpholine rings is 1. The predicted octanol–water partition coefficient (Wildman–Crippen LogP) is 3.25. The van der Waals surface area contributed by atoms with Crippen molar-refractivity contribution in [3.63, 3.8) is 0 Å². The van der Waals surface area contributed by atoms with E-state index in [-0.39, 0.29) is 12.1 Å². The van der Waals surface area contributed by atoms with E-state index in [0.29, 0.717) is 19.7 Å². The quantitative estimate of drug-likeness (QED) is 0.556. The van der Waals surface area contributed by atoms with Gasteiger partial charge in [-0.2, -0.15) is 5.10 Å². The molecule has 4 rings (SSSR count). The lowest BCUT2D eigenvalue weighted by atomic mass is 10.2. The Hall–Kier alpha value is -3.16. The molecule has 33 heavy (non-hydrogen) atoms. The molecule has 0 saturated carbocycles. The molecule has 1 aromatic heterocycles. The van der Waals surface area contributed by atoms with Crippen LogP contribution in [0.4, 0.5) is 4.79 Å². The van der Waals surface area contributed by atoms with E-state index in [9.17, 15) is 4.79 Å². The number of aromatic nitrogens is 2. The van der Waals surface area contributed by atoms with Crippen LogP contribution in [0.25, 0.3) is 0 Å². The Kier molecular flexibility index (Phi) is 7.75. The summed E-state index contributed by atoms with van der Waals surface area (Å²) in [5.41, 5.74) is 5.57. The molecule has 1 aliphatic rings. The number of hydrogen-bond acceptors (Lipinski definition) is 4. The number of carbonyl (C=O) groups is 1. The van der Waals surface area contributed by atoms with E-state index in [1.54, 1.807) is 0 Å². The van der Waals surface area contributed by atoms with Crippen molar-refractivity contribution in [3.8, 4) is 0 Å². The fourth-order valence-electron chi connectivity index (χ4n) is 4.23. The first-order valence-electron chi connectivity index (χ1n) is 11.5. The number of nitrogens with zero attached hydrogens (tertiary/aromatic N) is 3. The first kappa shape index (κ1) is 23.0. The summed E-state index contributed by atoms with van der Waals surface area (Å²) in [4.78, 5) is 14.8. The van der Waals surface area contributed by atoms with Gasteiger partial charge in [0.15, 0.2) is 0 Å².